The van der Waals surface area contributed by atoms with Crippen LogP contribution in [0.4, 0.5) is 13.2 Å². The number of amides is 2. The first-order valence-corrected chi connectivity index (χ1v) is 10.6. The lowest BCUT2D eigenvalue weighted by Gasteiger charge is -2.35. The van der Waals surface area contributed by atoms with Crippen molar-refractivity contribution in [3.05, 3.63) is 82.0 Å². The summed E-state index contributed by atoms with van der Waals surface area (Å²) in [5.41, 5.74) is 0.987. The Morgan fingerprint density at radius 1 is 0.806 bits per heavy atom. The molecule has 0 radical (unpaired) electrons. The summed E-state index contributed by atoms with van der Waals surface area (Å²) >= 11 is 1.38. The van der Waals surface area contributed by atoms with Gasteiger partial charge in [-0.05, 0) is 35.2 Å². The fourth-order valence-corrected chi connectivity index (χ4v) is 4.47. The van der Waals surface area contributed by atoms with Gasteiger partial charge in [-0.15, -0.1) is 11.3 Å². The maximum absolute atomic E-state index is 13.1. The highest BCUT2D eigenvalue weighted by Gasteiger charge is 2.32. The summed E-state index contributed by atoms with van der Waals surface area (Å²) in [4.78, 5) is 29.6. The van der Waals surface area contributed by atoms with Crippen LogP contribution in [-0.4, -0.2) is 47.8 Å². The Bertz CT molecular complexity index is 1090. The van der Waals surface area contributed by atoms with E-state index in [1.54, 1.807) is 4.90 Å². The van der Waals surface area contributed by atoms with Crippen LogP contribution in [0.25, 0.3) is 11.1 Å². The zero-order valence-corrected chi connectivity index (χ0v) is 17.2. The van der Waals surface area contributed by atoms with Crippen LogP contribution >= 0.6 is 11.3 Å². The molecule has 0 N–H and O–H groups in total. The van der Waals surface area contributed by atoms with E-state index in [1.165, 1.54) is 28.4 Å². The molecule has 2 amide bonds. The molecule has 0 bridgehead atoms. The van der Waals surface area contributed by atoms with Crippen molar-refractivity contribution in [2.75, 3.05) is 26.2 Å². The molecule has 2 heterocycles. The van der Waals surface area contributed by atoms with E-state index in [-0.39, 0.29) is 24.6 Å². The standard InChI is InChI=1S/C23H19F3N2O2S/c24-23(25,26)18-8-4-7-17(15-18)21(29)27-10-12-28(13-11-27)22(30)20-19(9-14-31-20)16-5-2-1-3-6-16/h1-9,14-15H,10-13H2. The molecule has 3 aromatic rings. The van der Waals surface area contributed by atoms with Gasteiger partial charge in [-0.2, -0.15) is 13.2 Å². The predicted molar refractivity (Wildman–Crippen MR) is 113 cm³/mol. The van der Waals surface area contributed by atoms with Crippen LogP contribution in [0.1, 0.15) is 25.6 Å². The molecular formula is C23H19F3N2O2S. The van der Waals surface area contributed by atoms with E-state index < -0.39 is 17.6 Å². The number of hydrogen-bond donors (Lipinski definition) is 0. The molecule has 4 nitrogen and oxygen atoms in total. The zero-order chi connectivity index (χ0) is 22.0. The van der Waals surface area contributed by atoms with Gasteiger partial charge in [-0.25, -0.2) is 0 Å². The molecular weight excluding hydrogens is 425 g/mol. The smallest absolute Gasteiger partial charge is 0.335 e. The van der Waals surface area contributed by atoms with Crippen LogP contribution in [0.3, 0.4) is 0 Å². The molecule has 2 aromatic carbocycles. The first-order chi connectivity index (χ1) is 14.8. The Morgan fingerprint density at radius 2 is 1.45 bits per heavy atom. The van der Waals surface area contributed by atoms with Crippen LogP contribution in [0.5, 0.6) is 0 Å². The van der Waals surface area contributed by atoms with Gasteiger partial charge in [-0.3, -0.25) is 9.59 Å². The van der Waals surface area contributed by atoms with Crippen LogP contribution < -0.4 is 0 Å². The topological polar surface area (TPSA) is 40.6 Å². The van der Waals surface area contributed by atoms with Gasteiger partial charge in [0.2, 0.25) is 0 Å². The van der Waals surface area contributed by atoms with Crippen molar-refractivity contribution in [2.45, 2.75) is 6.18 Å². The van der Waals surface area contributed by atoms with E-state index in [2.05, 4.69) is 0 Å². The predicted octanol–water partition coefficient (Wildman–Crippen LogP) is 5.03. The Balaban J connectivity index is 1.43. The number of nitrogens with zero attached hydrogens (tertiary/aromatic N) is 2. The van der Waals surface area contributed by atoms with Crippen LogP contribution in [0, 0.1) is 0 Å². The molecule has 8 heteroatoms. The highest BCUT2D eigenvalue weighted by molar-refractivity contribution is 7.12. The van der Waals surface area contributed by atoms with Crippen LogP contribution in [0.2, 0.25) is 0 Å². The van der Waals surface area contributed by atoms with E-state index in [4.69, 9.17) is 0 Å². The molecule has 0 atom stereocenters. The first-order valence-electron chi connectivity index (χ1n) is 9.73. The van der Waals surface area contributed by atoms with Gasteiger partial charge in [0.05, 0.1) is 10.4 Å². The summed E-state index contributed by atoms with van der Waals surface area (Å²) in [6.07, 6.45) is -4.50. The fraction of sp³-hybridized carbons (Fsp3) is 0.217. The molecule has 0 saturated carbocycles. The molecule has 1 aromatic heterocycles. The van der Waals surface area contributed by atoms with Crippen LogP contribution in [-0.2, 0) is 6.18 Å². The summed E-state index contributed by atoms with van der Waals surface area (Å²) in [5.74, 6) is -0.556. The van der Waals surface area contributed by atoms with Crippen molar-refractivity contribution >= 4 is 23.2 Å². The molecule has 1 saturated heterocycles. The van der Waals surface area contributed by atoms with E-state index in [9.17, 15) is 22.8 Å². The summed E-state index contributed by atoms with van der Waals surface area (Å²) in [6.45, 7) is 1.20. The number of piperazine rings is 1. The minimum Gasteiger partial charge on any atom is -0.335 e. The molecule has 0 spiro atoms. The number of thiophene rings is 1. The average Bonchev–Trinajstić information content (AvgIpc) is 3.28. The monoisotopic (exact) mass is 444 g/mol. The van der Waals surface area contributed by atoms with Gasteiger partial charge in [0.1, 0.15) is 0 Å². The summed E-state index contributed by atoms with van der Waals surface area (Å²) in [5, 5.41) is 1.88. The maximum Gasteiger partial charge on any atom is 0.416 e. The van der Waals surface area contributed by atoms with Crippen LogP contribution in [0.15, 0.2) is 66.0 Å². The zero-order valence-electron chi connectivity index (χ0n) is 16.4. The quantitative estimate of drug-likeness (QED) is 0.569. The minimum atomic E-state index is -4.50. The average molecular weight is 444 g/mol. The third-order valence-corrected chi connectivity index (χ3v) is 6.14. The van der Waals surface area contributed by atoms with Gasteiger partial charge >= 0.3 is 6.18 Å². The van der Waals surface area contributed by atoms with Crippen molar-refractivity contribution < 1.29 is 22.8 Å². The van der Waals surface area contributed by atoms with E-state index >= 15 is 0 Å². The van der Waals surface area contributed by atoms with Gasteiger partial charge < -0.3 is 9.80 Å². The van der Waals surface area contributed by atoms with Gasteiger partial charge in [-0.1, -0.05) is 36.4 Å². The van der Waals surface area contributed by atoms with Crippen molar-refractivity contribution in [1.82, 2.24) is 9.80 Å². The molecule has 1 fully saturated rings. The molecule has 1 aliphatic heterocycles. The second-order valence-electron chi connectivity index (χ2n) is 7.19. The van der Waals surface area contributed by atoms with Gasteiger partial charge in [0, 0.05) is 37.3 Å². The van der Waals surface area contributed by atoms with Gasteiger partial charge in [0.25, 0.3) is 11.8 Å². The lowest BCUT2D eigenvalue weighted by Crippen LogP contribution is -2.50. The minimum absolute atomic E-state index is 0.000720. The second-order valence-corrected chi connectivity index (χ2v) is 8.11. The van der Waals surface area contributed by atoms with Gasteiger partial charge in [0.15, 0.2) is 0 Å². The first kappa shape index (κ1) is 21.1. The normalized spacial score (nSPS) is 14.5. The lowest BCUT2D eigenvalue weighted by atomic mass is 10.1. The Morgan fingerprint density at radius 3 is 2.10 bits per heavy atom. The molecule has 1 aliphatic rings. The maximum atomic E-state index is 13.1. The molecule has 31 heavy (non-hydrogen) atoms. The number of carbonyl (C=O) groups is 2. The number of alkyl halides is 3. The number of benzene rings is 2. The van der Waals surface area contributed by atoms with E-state index in [0.29, 0.717) is 18.0 Å². The largest absolute Gasteiger partial charge is 0.416 e. The van der Waals surface area contributed by atoms with Crippen molar-refractivity contribution in [3.63, 3.8) is 0 Å². The molecule has 0 unspecified atom stereocenters. The summed E-state index contributed by atoms with van der Waals surface area (Å²) < 4.78 is 38.8. The Hall–Kier alpha value is -3.13. The number of hydrogen-bond acceptors (Lipinski definition) is 3. The number of carbonyl (C=O) groups excluding carboxylic acids is 2. The van der Waals surface area contributed by atoms with E-state index in [1.807, 2.05) is 41.8 Å². The highest BCUT2D eigenvalue weighted by Crippen LogP contribution is 2.31. The van der Waals surface area contributed by atoms with Crippen molar-refractivity contribution in [3.8, 4) is 11.1 Å². The lowest BCUT2D eigenvalue weighted by molar-refractivity contribution is -0.137. The SMILES string of the molecule is O=C(c1cccc(C(F)(F)F)c1)N1CCN(C(=O)c2sccc2-c2ccccc2)CC1. The molecule has 160 valence electrons. The van der Waals surface area contributed by atoms with E-state index in [0.717, 1.165) is 23.3 Å². The fourth-order valence-electron chi connectivity index (χ4n) is 3.59. The third-order valence-electron chi connectivity index (χ3n) is 5.24. The summed E-state index contributed by atoms with van der Waals surface area (Å²) in [6, 6.07) is 16.0. The molecule has 4 rings (SSSR count). The van der Waals surface area contributed by atoms with Crippen molar-refractivity contribution in [2.24, 2.45) is 0 Å². The number of halogens is 3. The molecule has 0 aliphatic carbocycles. The summed E-state index contributed by atoms with van der Waals surface area (Å²) in [7, 11) is 0. The Kier molecular flexibility index (Phi) is 5.82. The Labute approximate surface area is 181 Å². The third kappa shape index (κ3) is 4.49. The number of rotatable bonds is 3. The second kappa shape index (κ2) is 8.55. The highest BCUT2D eigenvalue weighted by atomic mass is 32.1. The van der Waals surface area contributed by atoms with Crippen molar-refractivity contribution in [1.29, 1.82) is 0 Å².